The fraction of sp³-hybridized carbons (Fsp3) is 0. The van der Waals surface area contributed by atoms with Crippen molar-refractivity contribution in [1.29, 1.82) is 0 Å². The third kappa shape index (κ3) is 1460. The van der Waals surface area contributed by atoms with Crippen LogP contribution in [-0.4, -0.2) is 81.1 Å². The van der Waals surface area contributed by atoms with Gasteiger partial charge in [-0.15, -0.1) is 0 Å². The van der Waals surface area contributed by atoms with Crippen LogP contribution in [0.3, 0.4) is 0 Å². The maximum absolute atomic E-state index is 8.36. The van der Waals surface area contributed by atoms with E-state index in [0.717, 1.165) is 0 Å². The molecule has 0 heterocycles. The van der Waals surface area contributed by atoms with Crippen molar-refractivity contribution in [3.63, 3.8) is 0 Å². The first-order valence-electron chi connectivity index (χ1n) is 3.46. The second kappa shape index (κ2) is 353. The number of hydrogen-bond donors (Lipinski definition) is 7. The molecule has 0 aliphatic heterocycles. The summed E-state index contributed by atoms with van der Waals surface area (Å²) in [6.45, 7) is -1.75. The van der Waals surface area contributed by atoms with Crippen LogP contribution in [-0.2, 0) is 83.9 Å². The summed E-state index contributed by atoms with van der Waals surface area (Å²) >= 11 is 0. The summed E-state index contributed by atoms with van der Waals surface area (Å²) in [6, 6.07) is 0. The molecule has 0 fully saturated rings. The minimum Gasteiger partial charge on any atom is -0.483 e. The van der Waals surface area contributed by atoms with Crippen LogP contribution in [0.1, 0.15) is 0 Å². The van der Waals surface area contributed by atoms with E-state index in [1.807, 2.05) is 0 Å². The first-order chi connectivity index (χ1) is 9.90. The Kier molecular flexibility index (Phi) is 996. The second-order valence-electron chi connectivity index (χ2n) is 0.738. The zero-order valence-corrected chi connectivity index (χ0v) is 14.3. The van der Waals surface area contributed by atoms with Crippen molar-refractivity contribution in [3.05, 3.63) is 0 Å². The molecule has 0 bridgehead atoms. The van der Waals surface area contributed by atoms with Crippen molar-refractivity contribution < 1.29 is 120 Å². The van der Waals surface area contributed by atoms with Crippen molar-refractivity contribution in [1.82, 2.24) is 0 Å². The molecular weight excluding hydrogens is 477 g/mol. The Morgan fingerprint density at radius 1 is 0.333 bits per heavy atom. The van der Waals surface area contributed by atoms with E-state index in [-0.39, 0.29) is 95.6 Å². The van der Waals surface area contributed by atoms with Crippen molar-refractivity contribution in [2.45, 2.75) is 0 Å². The molecular formula is C7H14CrNi2O14. The van der Waals surface area contributed by atoms with E-state index in [4.69, 9.17) is 69.3 Å². The zero-order valence-electron chi connectivity index (χ0n) is 11.1. The normalized spacial score (nSPS) is 3.50. The molecule has 0 spiro atoms. The molecule has 24 heavy (non-hydrogen) atoms. The molecule has 152 valence electrons. The van der Waals surface area contributed by atoms with Crippen LogP contribution in [0.4, 0.5) is 0 Å². The minimum atomic E-state index is -0.250. The SMILES string of the molecule is O=CO.O=CO.O=CO.O=CO.O=CO.O=CO.O=CO.[Cr].[Ni].[Ni]. The number of hydrogen-bond acceptors (Lipinski definition) is 7. The molecule has 0 unspecified atom stereocenters. The van der Waals surface area contributed by atoms with Gasteiger partial charge in [-0.05, 0) is 0 Å². The third-order valence-electron chi connectivity index (χ3n) is 0. The van der Waals surface area contributed by atoms with Crippen molar-refractivity contribution in [3.8, 4) is 0 Å². The molecule has 14 nitrogen and oxygen atoms in total. The average molecular weight is 492 g/mol. The minimum absolute atomic E-state index is 0. The molecule has 0 aromatic heterocycles. The van der Waals surface area contributed by atoms with Gasteiger partial charge in [0.2, 0.25) is 0 Å². The predicted octanol–water partition coefficient (Wildman–Crippen LogP) is -2.10. The van der Waals surface area contributed by atoms with Gasteiger partial charge in [-0.25, -0.2) is 0 Å². The van der Waals surface area contributed by atoms with E-state index in [1.165, 1.54) is 0 Å². The summed E-state index contributed by atoms with van der Waals surface area (Å²) in [5.74, 6) is 0. The fourth-order valence-corrected chi connectivity index (χ4v) is 0. The summed E-state index contributed by atoms with van der Waals surface area (Å²) in [5, 5.41) is 48.2. The van der Waals surface area contributed by atoms with Gasteiger partial charge in [0.25, 0.3) is 45.3 Å². The van der Waals surface area contributed by atoms with Gasteiger partial charge in [-0.2, -0.15) is 0 Å². The van der Waals surface area contributed by atoms with E-state index in [0.29, 0.717) is 0 Å². The van der Waals surface area contributed by atoms with E-state index >= 15 is 0 Å². The molecule has 0 saturated heterocycles. The third-order valence-corrected chi connectivity index (χ3v) is 0. The van der Waals surface area contributed by atoms with Gasteiger partial charge in [-0.1, -0.05) is 0 Å². The molecule has 0 aliphatic carbocycles. The van der Waals surface area contributed by atoms with Gasteiger partial charge in [0.1, 0.15) is 0 Å². The van der Waals surface area contributed by atoms with Crippen LogP contribution < -0.4 is 0 Å². The van der Waals surface area contributed by atoms with Gasteiger partial charge < -0.3 is 35.7 Å². The molecule has 0 amide bonds. The van der Waals surface area contributed by atoms with Gasteiger partial charge in [-0.3, -0.25) is 33.6 Å². The number of rotatable bonds is 0. The predicted molar refractivity (Wildman–Crippen MR) is 60.8 cm³/mol. The van der Waals surface area contributed by atoms with Crippen LogP contribution in [0, 0.1) is 0 Å². The monoisotopic (exact) mass is 490 g/mol. The Labute approximate surface area is 165 Å². The quantitative estimate of drug-likeness (QED) is 0.141. The molecule has 0 aromatic rings. The Morgan fingerprint density at radius 3 is 0.333 bits per heavy atom. The van der Waals surface area contributed by atoms with Crippen LogP contribution in [0.2, 0.25) is 0 Å². The molecule has 0 atom stereocenters. The van der Waals surface area contributed by atoms with Gasteiger partial charge in [0.05, 0.1) is 0 Å². The Balaban J connectivity index is -0.0000000117. The topological polar surface area (TPSA) is 261 Å². The molecule has 0 rings (SSSR count). The average Bonchev–Trinajstić information content (AvgIpc) is 2.35. The first-order valence-corrected chi connectivity index (χ1v) is 3.46. The van der Waals surface area contributed by atoms with Crippen LogP contribution >= 0.6 is 0 Å². The van der Waals surface area contributed by atoms with E-state index in [9.17, 15) is 0 Å². The van der Waals surface area contributed by atoms with Gasteiger partial charge in [0.15, 0.2) is 0 Å². The number of carbonyl (C=O) groups is 7. The first kappa shape index (κ1) is 67.7. The molecule has 0 aromatic carbocycles. The Morgan fingerprint density at radius 2 is 0.333 bits per heavy atom. The molecule has 0 saturated carbocycles. The molecule has 0 aliphatic rings. The van der Waals surface area contributed by atoms with Gasteiger partial charge >= 0.3 is 0 Å². The van der Waals surface area contributed by atoms with Crippen molar-refractivity contribution in [2.75, 3.05) is 0 Å². The summed E-state index contributed by atoms with van der Waals surface area (Å²) in [4.78, 5) is 58.5. The molecule has 7 N–H and O–H groups in total. The second-order valence-corrected chi connectivity index (χ2v) is 0.738. The van der Waals surface area contributed by atoms with E-state index in [2.05, 4.69) is 0 Å². The summed E-state index contributed by atoms with van der Waals surface area (Å²) < 4.78 is 0. The Bertz CT molecular complexity index is 147. The van der Waals surface area contributed by atoms with Crippen LogP contribution in [0.25, 0.3) is 0 Å². The maximum Gasteiger partial charge on any atom is 0.290 e. The summed E-state index contributed by atoms with van der Waals surface area (Å²) in [7, 11) is 0. The maximum atomic E-state index is 8.36. The summed E-state index contributed by atoms with van der Waals surface area (Å²) in [6.07, 6.45) is 0. The molecule has 0 radical (unpaired) electrons. The zero-order chi connectivity index (χ0) is 18.9. The summed E-state index contributed by atoms with van der Waals surface area (Å²) in [5.41, 5.74) is 0. The number of carboxylic acid groups (broad SMARTS) is 7. The standard InChI is InChI=1S/7CH2O2.Cr.2Ni/c7*2-1-3;;;/h7*1H,(H,2,3);;;. The largest absolute Gasteiger partial charge is 0.483 e. The molecule has 17 heteroatoms. The Hall–Kier alpha value is -2.19. The smallest absolute Gasteiger partial charge is 0.290 e. The van der Waals surface area contributed by atoms with Gasteiger partial charge in [0, 0.05) is 50.3 Å². The van der Waals surface area contributed by atoms with Crippen molar-refractivity contribution in [2.24, 2.45) is 0 Å². The van der Waals surface area contributed by atoms with Crippen molar-refractivity contribution >= 4 is 45.3 Å². The van der Waals surface area contributed by atoms with Crippen LogP contribution in [0.5, 0.6) is 0 Å². The fourth-order valence-electron chi connectivity index (χ4n) is 0. The van der Waals surface area contributed by atoms with E-state index in [1.54, 1.807) is 0 Å². The van der Waals surface area contributed by atoms with E-state index < -0.39 is 0 Å². The van der Waals surface area contributed by atoms with Crippen LogP contribution in [0.15, 0.2) is 0 Å².